The Hall–Kier alpha value is -2.57. The van der Waals surface area contributed by atoms with E-state index in [4.69, 9.17) is 4.74 Å². The van der Waals surface area contributed by atoms with Crippen molar-refractivity contribution in [3.63, 3.8) is 0 Å². The maximum atomic E-state index is 14.3. The maximum Gasteiger partial charge on any atom is 0.416 e. The van der Waals surface area contributed by atoms with E-state index in [9.17, 15) is 27.2 Å². The Kier molecular flexibility index (Phi) is 8.41. The average Bonchev–Trinajstić information content (AvgIpc) is 2.79. The van der Waals surface area contributed by atoms with Crippen LogP contribution in [-0.4, -0.2) is 48.7 Å². The summed E-state index contributed by atoms with van der Waals surface area (Å²) in [6.45, 7) is 6.45. The first-order valence-corrected chi connectivity index (χ1v) is 12.4. The second-order valence-corrected chi connectivity index (χ2v) is 10.8. The van der Waals surface area contributed by atoms with Crippen LogP contribution in [0, 0.1) is 9.39 Å². The molecule has 1 saturated heterocycles. The molecule has 2 amide bonds. The minimum atomic E-state index is -4.64. The summed E-state index contributed by atoms with van der Waals surface area (Å²) >= 11 is 1.92. The van der Waals surface area contributed by atoms with Crippen molar-refractivity contribution in [1.29, 1.82) is 0 Å². The van der Waals surface area contributed by atoms with Crippen LogP contribution in [0.15, 0.2) is 36.4 Å². The lowest BCUT2D eigenvalue weighted by molar-refractivity contribution is -0.137. The monoisotopic (exact) mass is 621 g/mol. The number of halogens is 5. The number of benzene rings is 2. The fraction of sp³-hybridized carbons (Fsp3) is 0.440. The van der Waals surface area contributed by atoms with E-state index in [1.54, 1.807) is 4.90 Å². The molecule has 0 aromatic heterocycles. The lowest BCUT2D eigenvalue weighted by Crippen LogP contribution is -2.57. The van der Waals surface area contributed by atoms with E-state index in [0.717, 1.165) is 18.2 Å². The molecule has 0 aliphatic carbocycles. The fourth-order valence-corrected chi connectivity index (χ4v) is 4.89. The summed E-state index contributed by atoms with van der Waals surface area (Å²) in [6.07, 6.45) is -3.79. The maximum absolute atomic E-state index is 14.3. The molecule has 196 valence electrons. The van der Waals surface area contributed by atoms with E-state index in [2.05, 4.69) is 5.32 Å². The molecule has 0 bridgehead atoms. The van der Waals surface area contributed by atoms with E-state index in [-0.39, 0.29) is 17.3 Å². The van der Waals surface area contributed by atoms with Crippen LogP contribution in [-0.2, 0) is 10.9 Å². The Labute approximate surface area is 221 Å². The zero-order valence-corrected chi connectivity index (χ0v) is 22.5. The van der Waals surface area contributed by atoms with Crippen molar-refractivity contribution in [1.82, 2.24) is 4.90 Å². The van der Waals surface area contributed by atoms with E-state index >= 15 is 0 Å². The van der Waals surface area contributed by atoms with Crippen molar-refractivity contribution in [3.8, 4) is 0 Å². The van der Waals surface area contributed by atoms with Crippen LogP contribution in [0.25, 0.3) is 0 Å². The van der Waals surface area contributed by atoms with Gasteiger partial charge in [0.15, 0.2) is 0 Å². The highest BCUT2D eigenvalue weighted by molar-refractivity contribution is 14.1. The van der Waals surface area contributed by atoms with Gasteiger partial charge in [-0.1, -0.05) is 0 Å². The molecule has 0 spiro atoms. The van der Waals surface area contributed by atoms with Gasteiger partial charge in [-0.2, -0.15) is 13.2 Å². The SMILES string of the molecule is COC(=O)N(C1CCCN(c2ccc(C(F)(F)F)cc2NC(=O)c2cc(I)ccc2F)C1)C(C)(C)C. The first-order chi connectivity index (χ1) is 16.7. The molecule has 36 heavy (non-hydrogen) atoms. The number of nitrogens with one attached hydrogen (secondary N) is 1. The van der Waals surface area contributed by atoms with Gasteiger partial charge >= 0.3 is 12.3 Å². The molecule has 1 N–H and O–H groups in total. The number of rotatable bonds is 4. The quantitative estimate of drug-likeness (QED) is 0.312. The van der Waals surface area contributed by atoms with Crippen LogP contribution in [0.5, 0.6) is 0 Å². The molecule has 1 heterocycles. The highest BCUT2D eigenvalue weighted by Crippen LogP contribution is 2.37. The third-order valence-electron chi connectivity index (χ3n) is 5.94. The van der Waals surface area contributed by atoms with Crippen molar-refractivity contribution in [3.05, 3.63) is 56.9 Å². The zero-order chi connectivity index (χ0) is 26.8. The highest BCUT2D eigenvalue weighted by Gasteiger charge is 2.37. The number of carbonyl (C=O) groups excluding carboxylic acids is 2. The third-order valence-corrected chi connectivity index (χ3v) is 6.61. The van der Waals surface area contributed by atoms with Gasteiger partial charge in [-0.3, -0.25) is 9.69 Å². The molecule has 0 saturated carbocycles. The van der Waals surface area contributed by atoms with Crippen molar-refractivity contribution in [2.24, 2.45) is 0 Å². The summed E-state index contributed by atoms with van der Waals surface area (Å²) in [4.78, 5) is 28.9. The molecular formula is C25H28F4IN3O3. The Balaban J connectivity index is 1.99. The summed E-state index contributed by atoms with van der Waals surface area (Å²) in [5.74, 6) is -1.63. The molecule has 3 rings (SSSR count). The molecule has 1 aliphatic rings. The van der Waals surface area contributed by atoms with Gasteiger partial charge in [0, 0.05) is 22.2 Å². The highest BCUT2D eigenvalue weighted by atomic mass is 127. The van der Waals surface area contributed by atoms with Crippen LogP contribution in [0.3, 0.4) is 0 Å². The van der Waals surface area contributed by atoms with Gasteiger partial charge in [-0.15, -0.1) is 0 Å². The number of hydrogen-bond acceptors (Lipinski definition) is 4. The smallest absolute Gasteiger partial charge is 0.416 e. The largest absolute Gasteiger partial charge is 0.453 e. The van der Waals surface area contributed by atoms with E-state index < -0.39 is 35.1 Å². The lowest BCUT2D eigenvalue weighted by Gasteiger charge is -2.45. The summed E-state index contributed by atoms with van der Waals surface area (Å²) < 4.78 is 60.4. The van der Waals surface area contributed by atoms with Crippen LogP contribution in [0.2, 0.25) is 0 Å². The van der Waals surface area contributed by atoms with E-state index in [1.807, 2.05) is 48.3 Å². The molecule has 2 aromatic carbocycles. The number of amides is 2. The minimum Gasteiger partial charge on any atom is -0.453 e. The van der Waals surface area contributed by atoms with Gasteiger partial charge < -0.3 is 15.0 Å². The molecular weight excluding hydrogens is 593 g/mol. The number of piperidine rings is 1. The Morgan fingerprint density at radius 1 is 1.14 bits per heavy atom. The first kappa shape index (κ1) is 28.0. The van der Waals surface area contributed by atoms with Crippen LogP contribution in [0.4, 0.5) is 33.7 Å². The summed E-state index contributed by atoms with van der Waals surface area (Å²) in [5.41, 5.74) is -1.50. The average molecular weight is 621 g/mol. The van der Waals surface area contributed by atoms with Gasteiger partial charge in [0.2, 0.25) is 0 Å². The lowest BCUT2D eigenvalue weighted by atomic mass is 9.97. The van der Waals surface area contributed by atoms with Gasteiger partial charge in [0.1, 0.15) is 5.82 Å². The summed E-state index contributed by atoms with van der Waals surface area (Å²) in [7, 11) is 1.30. The Morgan fingerprint density at radius 3 is 2.44 bits per heavy atom. The van der Waals surface area contributed by atoms with Gasteiger partial charge in [-0.25, -0.2) is 9.18 Å². The topological polar surface area (TPSA) is 61.9 Å². The second kappa shape index (κ2) is 10.8. The van der Waals surface area contributed by atoms with Crippen molar-refractivity contribution in [2.45, 2.75) is 51.4 Å². The first-order valence-electron chi connectivity index (χ1n) is 11.3. The number of methoxy groups -OCH3 is 1. The normalized spacial score (nSPS) is 16.5. The molecule has 6 nitrogen and oxygen atoms in total. The number of alkyl halides is 3. The van der Waals surface area contributed by atoms with Crippen LogP contribution < -0.4 is 10.2 Å². The van der Waals surface area contributed by atoms with Crippen molar-refractivity contribution in [2.75, 3.05) is 30.4 Å². The molecule has 1 atom stereocenters. The standard InChI is InChI=1S/C25H28F4IN3O3/c1-24(2,3)33(23(35)36-4)17-6-5-11-32(14-17)21-10-7-15(25(27,28)29)12-20(21)31-22(34)18-13-16(30)8-9-19(18)26/h7-10,12-13,17H,5-6,11,14H2,1-4H3,(H,31,34). The molecule has 1 unspecified atom stereocenters. The van der Waals surface area contributed by atoms with Crippen molar-refractivity contribution >= 4 is 46.0 Å². The van der Waals surface area contributed by atoms with Crippen LogP contribution >= 0.6 is 22.6 Å². The Morgan fingerprint density at radius 2 is 1.83 bits per heavy atom. The number of anilines is 2. The number of carbonyl (C=O) groups is 2. The Bertz CT molecular complexity index is 1130. The number of hydrogen-bond donors (Lipinski definition) is 1. The van der Waals surface area contributed by atoms with E-state index in [0.29, 0.717) is 35.2 Å². The number of ether oxygens (including phenoxy) is 1. The van der Waals surface area contributed by atoms with Crippen molar-refractivity contribution < 1.29 is 31.9 Å². The summed E-state index contributed by atoms with van der Waals surface area (Å²) in [6, 6.07) is 6.77. The molecule has 0 radical (unpaired) electrons. The third kappa shape index (κ3) is 6.40. The fourth-order valence-electron chi connectivity index (χ4n) is 4.40. The summed E-state index contributed by atoms with van der Waals surface area (Å²) in [5, 5.41) is 2.48. The minimum absolute atomic E-state index is 0.0888. The molecule has 2 aromatic rings. The second-order valence-electron chi connectivity index (χ2n) is 9.56. The van der Waals surface area contributed by atoms with Gasteiger partial charge in [0.25, 0.3) is 5.91 Å². The van der Waals surface area contributed by atoms with Gasteiger partial charge in [0.05, 0.1) is 35.7 Å². The van der Waals surface area contributed by atoms with E-state index in [1.165, 1.54) is 25.3 Å². The number of nitrogens with zero attached hydrogens (tertiary/aromatic N) is 2. The molecule has 11 heteroatoms. The van der Waals surface area contributed by atoms with Gasteiger partial charge in [-0.05, 0) is 92.6 Å². The zero-order valence-electron chi connectivity index (χ0n) is 20.4. The molecule has 1 aliphatic heterocycles. The predicted octanol–water partition coefficient (Wildman–Crippen LogP) is 6.54. The molecule has 1 fully saturated rings. The predicted molar refractivity (Wildman–Crippen MR) is 138 cm³/mol. The van der Waals surface area contributed by atoms with Crippen LogP contribution in [0.1, 0.15) is 49.5 Å².